The number of guanidine groups is 1. The molecule has 0 amide bonds. The molecule has 0 spiro atoms. The lowest BCUT2D eigenvalue weighted by atomic mass is 10.4. The summed E-state index contributed by atoms with van der Waals surface area (Å²) in [6.07, 6.45) is 0. The maximum Gasteiger partial charge on any atom is 0.191 e. The number of methoxy groups -OCH3 is 1. The predicted molar refractivity (Wildman–Crippen MR) is 104 cm³/mol. The molecule has 1 aromatic carbocycles. The topological polar surface area (TPSA) is 62.7 Å². The van der Waals surface area contributed by atoms with Crippen molar-refractivity contribution in [3.8, 4) is 0 Å². The van der Waals surface area contributed by atoms with Gasteiger partial charge in [0, 0.05) is 30.3 Å². The third-order valence-corrected chi connectivity index (χ3v) is 4.05. The van der Waals surface area contributed by atoms with E-state index in [1.165, 1.54) is 0 Å². The number of aliphatic imine (C=N–C) groups is 1. The highest BCUT2D eigenvalue weighted by Crippen LogP contribution is 2.05. The second kappa shape index (κ2) is 12.8. The summed E-state index contributed by atoms with van der Waals surface area (Å²) >= 11 is 0. The molecule has 0 heterocycles. The first kappa shape index (κ1) is 21.3. The molecule has 0 aliphatic carbocycles. The third kappa shape index (κ3) is 8.70. The lowest BCUT2D eigenvalue weighted by molar-refractivity contribution is 0.179. The number of rotatable bonds is 8. The zero-order valence-corrected chi connectivity index (χ0v) is 16.5. The van der Waals surface area contributed by atoms with E-state index in [0.29, 0.717) is 18.9 Å². The second-order valence-electron chi connectivity index (χ2n) is 4.62. The molecule has 0 saturated carbocycles. The number of ether oxygens (including phenoxy) is 1. The van der Waals surface area contributed by atoms with E-state index in [4.69, 9.17) is 4.74 Å². The maximum atomic E-state index is 12.1. The van der Waals surface area contributed by atoms with Crippen molar-refractivity contribution >= 4 is 40.7 Å². The van der Waals surface area contributed by atoms with E-state index < -0.39 is 10.8 Å². The van der Waals surface area contributed by atoms with E-state index in [2.05, 4.69) is 15.6 Å². The molecule has 1 rings (SSSR count). The van der Waals surface area contributed by atoms with Gasteiger partial charge in [0.25, 0.3) is 0 Å². The van der Waals surface area contributed by atoms with Gasteiger partial charge in [-0.3, -0.25) is 9.20 Å². The van der Waals surface area contributed by atoms with Gasteiger partial charge in [-0.05, 0) is 26.0 Å². The van der Waals surface area contributed by atoms with Crippen LogP contribution in [-0.4, -0.2) is 48.8 Å². The zero-order valence-electron chi connectivity index (χ0n) is 13.4. The summed E-state index contributed by atoms with van der Waals surface area (Å²) in [4.78, 5) is 5.29. The van der Waals surface area contributed by atoms with Crippen LogP contribution >= 0.6 is 24.0 Å². The van der Waals surface area contributed by atoms with Gasteiger partial charge in [0.2, 0.25) is 0 Å². The van der Waals surface area contributed by atoms with Crippen LogP contribution in [0.25, 0.3) is 0 Å². The van der Waals surface area contributed by atoms with Crippen molar-refractivity contribution in [2.24, 2.45) is 4.99 Å². The molecule has 2 atom stereocenters. The van der Waals surface area contributed by atoms with Gasteiger partial charge in [0.1, 0.15) is 0 Å². The molecule has 22 heavy (non-hydrogen) atoms. The monoisotopic (exact) mass is 439 g/mol. The Balaban J connectivity index is 0.00000441. The van der Waals surface area contributed by atoms with Crippen molar-refractivity contribution in [3.05, 3.63) is 30.3 Å². The Hall–Kier alpha value is -0.670. The van der Waals surface area contributed by atoms with Crippen LogP contribution in [0.15, 0.2) is 40.2 Å². The molecular weight excluding hydrogens is 413 g/mol. The molecule has 0 fully saturated rings. The summed E-state index contributed by atoms with van der Waals surface area (Å²) in [5.41, 5.74) is 0. The highest BCUT2D eigenvalue weighted by molar-refractivity contribution is 14.0. The largest absolute Gasteiger partial charge is 0.383 e. The molecule has 2 unspecified atom stereocenters. The Morgan fingerprint density at radius 1 is 1.36 bits per heavy atom. The van der Waals surface area contributed by atoms with E-state index in [1.54, 1.807) is 7.11 Å². The summed E-state index contributed by atoms with van der Waals surface area (Å²) in [5, 5.41) is 6.42. The minimum absolute atomic E-state index is 0. The van der Waals surface area contributed by atoms with Crippen LogP contribution in [0.4, 0.5) is 0 Å². The summed E-state index contributed by atoms with van der Waals surface area (Å²) in [6, 6.07) is 9.65. The van der Waals surface area contributed by atoms with E-state index in [0.717, 1.165) is 17.4 Å². The Bertz CT molecular complexity index is 457. The average molecular weight is 439 g/mol. The SMILES string of the molecule is CCNC(=NCCS(=O)c1ccccc1)NC(C)COC.I. The first-order valence-corrected chi connectivity index (χ1v) is 8.46. The molecule has 2 N–H and O–H groups in total. The lowest BCUT2D eigenvalue weighted by Gasteiger charge is -2.16. The van der Waals surface area contributed by atoms with Gasteiger partial charge in [0.15, 0.2) is 5.96 Å². The number of benzene rings is 1. The summed E-state index contributed by atoms with van der Waals surface area (Å²) in [6.45, 7) is 5.95. The van der Waals surface area contributed by atoms with Gasteiger partial charge in [-0.1, -0.05) is 18.2 Å². The summed E-state index contributed by atoms with van der Waals surface area (Å²) < 4.78 is 17.2. The third-order valence-electron chi connectivity index (χ3n) is 2.70. The van der Waals surface area contributed by atoms with Crippen molar-refractivity contribution < 1.29 is 8.95 Å². The quantitative estimate of drug-likeness (QED) is 0.370. The zero-order chi connectivity index (χ0) is 15.5. The van der Waals surface area contributed by atoms with Crippen LogP contribution in [0, 0.1) is 0 Å². The van der Waals surface area contributed by atoms with Crippen LogP contribution < -0.4 is 10.6 Å². The fourth-order valence-electron chi connectivity index (χ4n) is 1.78. The standard InChI is InChI=1S/C15H25N3O2S.HI/c1-4-16-15(18-13(2)12-20-3)17-10-11-21(19)14-8-6-5-7-9-14;/h5-9,13H,4,10-12H2,1-3H3,(H2,16,17,18);1H. The summed E-state index contributed by atoms with van der Waals surface area (Å²) in [5.74, 6) is 1.24. The van der Waals surface area contributed by atoms with Gasteiger partial charge in [-0.25, -0.2) is 0 Å². The van der Waals surface area contributed by atoms with Crippen LogP contribution in [0.2, 0.25) is 0 Å². The highest BCUT2D eigenvalue weighted by Gasteiger charge is 2.05. The Kier molecular flexibility index (Phi) is 12.4. The molecule has 5 nitrogen and oxygen atoms in total. The number of halogens is 1. The van der Waals surface area contributed by atoms with E-state index >= 15 is 0 Å². The molecule has 0 aliphatic rings. The molecule has 126 valence electrons. The van der Waals surface area contributed by atoms with E-state index in [-0.39, 0.29) is 30.0 Å². The Labute approximate surface area is 152 Å². The molecule has 0 aliphatic heterocycles. The lowest BCUT2D eigenvalue weighted by Crippen LogP contribution is -2.44. The number of hydrogen-bond donors (Lipinski definition) is 2. The number of nitrogens with one attached hydrogen (secondary N) is 2. The van der Waals surface area contributed by atoms with Crippen molar-refractivity contribution in [3.63, 3.8) is 0 Å². The molecular formula is C15H26IN3O2S. The van der Waals surface area contributed by atoms with Gasteiger partial charge in [-0.2, -0.15) is 0 Å². The first-order valence-electron chi connectivity index (χ1n) is 7.14. The molecule has 0 radical (unpaired) electrons. The van der Waals surface area contributed by atoms with Crippen molar-refractivity contribution in [1.29, 1.82) is 0 Å². The fraction of sp³-hybridized carbons (Fsp3) is 0.533. The molecule has 0 aromatic heterocycles. The van der Waals surface area contributed by atoms with E-state index in [9.17, 15) is 4.21 Å². The van der Waals surface area contributed by atoms with Crippen LogP contribution in [0.1, 0.15) is 13.8 Å². The molecule has 7 heteroatoms. The molecule has 0 bridgehead atoms. The predicted octanol–water partition coefficient (Wildman–Crippen LogP) is 2.00. The number of hydrogen-bond acceptors (Lipinski definition) is 3. The Morgan fingerprint density at radius 3 is 2.64 bits per heavy atom. The van der Waals surface area contributed by atoms with Crippen LogP contribution in [-0.2, 0) is 15.5 Å². The second-order valence-corrected chi connectivity index (χ2v) is 6.19. The highest BCUT2D eigenvalue weighted by atomic mass is 127. The van der Waals surface area contributed by atoms with Crippen LogP contribution in [0.3, 0.4) is 0 Å². The molecule has 0 saturated heterocycles. The smallest absolute Gasteiger partial charge is 0.191 e. The van der Waals surface area contributed by atoms with Crippen LogP contribution in [0.5, 0.6) is 0 Å². The normalized spacial score (nSPS) is 13.9. The van der Waals surface area contributed by atoms with Crippen molar-refractivity contribution in [2.45, 2.75) is 24.8 Å². The van der Waals surface area contributed by atoms with Gasteiger partial charge in [0.05, 0.1) is 24.0 Å². The van der Waals surface area contributed by atoms with Gasteiger partial charge >= 0.3 is 0 Å². The average Bonchev–Trinajstić information content (AvgIpc) is 2.48. The van der Waals surface area contributed by atoms with Crippen molar-refractivity contribution in [1.82, 2.24) is 10.6 Å². The molecule has 1 aromatic rings. The van der Waals surface area contributed by atoms with Gasteiger partial charge < -0.3 is 15.4 Å². The number of nitrogens with zero attached hydrogens (tertiary/aromatic N) is 1. The van der Waals surface area contributed by atoms with Gasteiger partial charge in [-0.15, -0.1) is 24.0 Å². The maximum absolute atomic E-state index is 12.1. The van der Waals surface area contributed by atoms with E-state index in [1.807, 2.05) is 44.2 Å². The summed E-state index contributed by atoms with van der Waals surface area (Å²) in [7, 11) is 0.665. The fourth-order valence-corrected chi connectivity index (χ4v) is 2.73. The minimum atomic E-state index is -1.01. The minimum Gasteiger partial charge on any atom is -0.383 e. The van der Waals surface area contributed by atoms with Crippen molar-refractivity contribution in [2.75, 3.05) is 32.6 Å². The first-order chi connectivity index (χ1) is 10.2. The Morgan fingerprint density at radius 2 is 2.05 bits per heavy atom.